The zero-order valence-corrected chi connectivity index (χ0v) is 15.4. The summed E-state index contributed by atoms with van der Waals surface area (Å²) in [5.41, 5.74) is 0.703. The van der Waals surface area contributed by atoms with Crippen molar-refractivity contribution in [3.63, 3.8) is 0 Å². The van der Waals surface area contributed by atoms with Crippen LogP contribution in [0.3, 0.4) is 0 Å². The molecule has 0 spiro atoms. The zero-order valence-electron chi connectivity index (χ0n) is 15.4. The molecule has 138 valence electrons. The first kappa shape index (κ1) is 19.4. The Bertz CT molecular complexity index is 590. The maximum atomic E-state index is 12.9. The highest BCUT2D eigenvalue weighted by Crippen LogP contribution is 2.40. The Hall–Kier alpha value is -1.91. The number of halogens is 1. The highest BCUT2D eigenvalue weighted by molar-refractivity contribution is 5.96. The average Bonchev–Trinajstić information content (AvgIpc) is 2.61. The van der Waals surface area contributed by atoms with Crippen LogP contribution >= 0.6 is 0 Å². The van der Waals surface area contributed by atoms with Gasteiger partial charge >= 0.3 is 0 Å². The molecular weight excluding hydrogens is 319 g/mol. The number of benzene rings is 1. The van der Waals surface area contributed by atoms with Crippen molar-refractivity contribution in [1.29, 1.82) is 0 Å². The summed E-state index contributed by atoms with van der Waals surface area (Å²) in [5, 5.41) is 5.59. The molecule has 0 saturated heterocycles. The van der Waals surface area contributed by atoms with Gasteiger partial charge in [-0.25, -0.2) is 4.39 Å². The van der Waals surface area contributed by atoms with Crippen LogP contribution in [0, 0.1) is 17.2 Å². The highest BCUT2D eigenvalue weighted by atomic mass is 19.1. The van der Waals surface area contributed by atoms with Crippen molar-refractivity contribution in [1.82, 2.24) is 10.6 Å². The van der Waals surface area contributed by atoms with E-state index in [1.165, 1.54) is 30.7 Å². The summed E-state index contributed by atoms with van der Waals surface area (Å²) in [6, 6.07) is 5.45. The Morgan fingerprint density at radius 1 is 1.12 bits per heavy atom. The van der Waals surface area contributed by atoms with Gasteiger partial charge in [-0.15, -0.1) is 0 Å². The number of amides is 2. The highest BCUT2D eigenvalue weighted by Gasteiger charge is 2.32. The Morgan fingerprint density at radius 3 is 2.28 bits per heavy atom. The molecule has 0 bridgehead atoms. The first-order chi connectivity index (χ1) is 11.8. The molecule has 1 saturated carbocycles. The fourth-order valence-corrected chi connectivity index (χ4v) is 3.45. The van der Waals surface area contributed by atoms with Crippen molar-refractivity contribution < 1.29 is 14.0 Å². The fourth-order valence-electron chi connectivity index (χ4n) is 3.45. The first-order valence-corrected chi connectivity index (χ1v) is 9.15. The van der Waals surface area contributed by atoms with Gasteiger partial charge in [0.15, 0.2) is 0 Å². The summed E-state index contributed by atoms with van der Waals surface area (Å²) in [6.45, 7) is 6.82. The van der Waals surface area contributed by atoms with Gasteiger partial charge in [-0.3, -0.25) is 9.59 Å². The lowest BCUT2D eigenvalue weighted by Gasteiger charge is -2.39. The molecule has 5 heteroatoms. The van der Waals surface area contributed by atoms with Gasteiger partial charge in [0.05, 0.1) is 6.54 Å². The predicted octanol–water partition coefficient (Wildman–Crippen LogP) is 3.67. The van der Waals surface area contributed by atoms with Crippen LogP contribution in [0.2, 0.25) is 0 Å². The zero-order chi connectivity index (χ0) is 18.4. The Balaban J connectivity index is 1.72. The molecule has 1 aliphatic rings. The van der Waals surface area contributed by atoms with E-state index >= 15 is 0 Å². The van der Waals surface area contributed by atoms with Crippen LogP contribution < -0.4 is 10.6 Å². The lowest BCUT2D eigenvalue weighted by atomic mass is 9.69. The molecule has 2 N–H and O–H groups in total. The molecule has 2 rings (SSSR count). The molecule has 2 amide bonds. The van der Waals surface area contributed by atoms with Gasteiger partial charge in [0.1, 0.15) is 5.82 Å². The van der Waals surface area contributed by atoms with Crippen LogP contribution in [0.4, 0.5) is 4.39 Å². The van der Waals surface area contributed by atoms with Gasteiger partial charge in [-0.05, 0) is 61.3 Å². The molecule has 1 aliphatic carbocycles. The van der Waals surface area contributed by atoms with E-state index in [2.05, 4.69) is 31.4 Å². The van der Waals surface area contributed by atoms with Gasteiger partial charge in [-0.1, -0.05) is 27.2 Å². The third-order valence-corrected chi connectivity index (χ3v) is 5.62. The molecule has 0 aliphatic heterocycles. The first-order valence-electron chi connectivity index (χ1n) is 9.15. The van der Waals surface area contributed by atoms with E-state index in [4.69, 9.17) is 0 Å². The number of carbonyl (C=O) groups is 2. The lowest BCUT2D eigenvalue weighted by molar-refractivity contribution is -0.121. The molecule has 0 aromatic heterocycles. The summed E-state index contributed by atoms with van der Waals surface area (Å²) >= 11 is 0. The lowest BCUT2D eigenvalue weighted by Crippen LogP contribution is -2.44. The van der Waals surface area contributed by atoms with Crippen molar-refractivity contribution in [3.8, 4) is 0 Å². The summed E-state index contributed by atoms with van der Waals surface area (Å²) < 4.78 is 12.9. The third-order valence-electron chi connectivity index (χ3n) is 5.62. The average molecular weight is 348 g/mol. The van der Waals surface area contributed by atoms with Crippen molar-refractivity contribution in [2.45, 2.75) is 58.9 Å². The van der Waals surface area contributed by atoms with E-state index in [9.17, 15) is 14.0 Å². The SMILES string of the molecule is CCC(C)(C)C1CCC(NC(=O)CNC(=O)c2ccc(F)cc2)CC1. The molecule has 0 radical (unpaired) electrons. The minimum absolute atomic E-state index is 0.0589. The number of nitrogens with one attached hydrogen (secondary N) is 2. The summed E-state index contributed by atoms with van der Waals surface area (Å²) in [5.74, 6) is -0.225. The van der Waals surface area contributed by atoms with Crippen LogP contribution in [0.5, 0.6) is 0 Å². The van der Waals surface area contributed by atoms with Crippen molar-refractivity contribution in [2.24, 2.45) is 11.3 Å². The standard InChI is InChI=1S/C20H29FN2O2/c1-4-20(2,3)15-7-11-17(12-8-15)23-18(24)13-22-19(25)14-5-9-16(21)10-6-14/h5-6,9-10,15,17H,4,7-8,11-13H2,1-3H3,(H,22,25)(H,23,24). The summed E-state index contributed by atoms with van der Waals surface area (Å²) in [6.07, 6.45) is 5.42. The van der Waals surface area contributed by atoms with E-state index in [1.54, 1.807) is 0 Å². The number of carbonyl (C=O) groups excluding carboxylic acids is 2. The summed E-state index contributed by atoms with van der Waals surface area (Å²) in [4.78, 5) is 24.0. The maximum Gasteiger partial charge on any atom is 0.251 e. The monoisotopic (exact) mass is 348 g/mol. The van der Waals surface area contributed by atoms with Crippen LogP contribution in [0.25, 0.3) is 0 Å². The molecule has 4 nitrogen and oxygen atoms in total. The molecule has 1 fully saturated rings. The van der Waals surface area contributed by atoms with E-state index in [-0.39, 0.29) is 24.4 Å². The van der Waals surface area contributed by atoms with Gasteiger partial charge in [0.25, 0.3) is 5.91 Å². The van der Waals surface area contributed by atoms with Gasteiger partial charge in [-0.2, -0.15) is 0 Å². The molecule has 0 atom stereocenters. The number of hydrogen-bond donors (Lipinski definition) is 2. The Kier molecular flexibility index (Phi) is 6.57. The van der Waals surface area contributed by atoms with Crippen LogP contribution in [0.1, 0.15) is 63.2 Å². The van der Waals surface area contributed by atoms with Crippen molar-refractivity contribution in [3.05, 3.63) is 35.6 Å². The topological polar surface area (TPSA) is 58.2 Å². The van der Waals surface area contributed by atoms with Crippen molar-refractivity contribution in [2.75, 3.05) is 6.54 Å². The fraction of sp³-hybridized carbons (Fsp3) is 0.600. The quantitative estimate of drug-likeness (QED) is 0.824. The molecule has 0 unspecified atom stereocenters. The van der Waals surface area contributed by atoms with E-state index in [0.29, 0.717) is 16.9 Å². The van der Waals surface area contributed by atoms with Crippen molar-refractivity contribution >= 4 is 11.8 Å². The second-order valence-corrected chi connectivity index (χ2v) is 7.65. The van der Waals surface area contributed by atoms with Gasteiger partial charge in [0, 0.05) is 11.6 Å². The minimum atomic E-state index is -0.392. The minimum Gasteiger partial charge on any atom is -0.352 e. The smallest absolute Gasteiger partial charge is 0.251 e. The predicted molar refractivity (Wildman–Crippen MR) is 96.7 cm³/mol. The normalized spacial score (nSPS) is 20.8. The maximum absolute atomic E-state index is 12.9. The number of rotatable bonds is 6. The second-order valence-electron chi connectivity index (χ2n) is 7.65. The van der Waals surface area contributed by atoms with E-state index < -0.39 is 5.82 Å². The second kappa shape index (κ2) is 8.45. The Labute approximate surface area is 149 Å². The largest absolute Gasteiger partial charge is 0.352 e. The van der Waals surface area contributed by atoms with Gasteiger partial charge in [0.2, 0.25) is 5.91 Å². The number of hydrogen-bond acceptors (Lipinski definition) is 2. The molecule has 0 heterocycles. The van der Waals surface area contributed by atoms with Crippen LogP contribution in [-0.2, 0) is 4.79 Å². The summed E-state index contributed by atoms with van der Waals surface area (Å²) in [7, 11) is 0. The third kappa shape index (κ3) is 5.55. The molecular formula is C20H29FN2O2. The van der Waals surface area contributed by atoms with Crippen LogP contribution in [-0.4, -0.2) is 24.4 Å². The molecule has 1 aromatic rings. The van der Waals surface area contributed by atoms with Crippen LogP contribution in [0.15, 0.2) is 24.3 Å². The Morgan fingerprint density at radius 2 is 1.72 bits per heavy atom. The molecule has 1 aromatic carbocycles. The van der Waals surface area contributed by atoms with E-state index in [0.717, 1.165) is 25.7 Å². The molecule has 25 heavy (non-hydrogen) atoms. The van der Waals surface area contributed by atoms with E-state index in [1.807, 2.05) is 0 Å². The van der Waals surface area contributed by atoms with Gasteiger partial charge < -0.3 is 10.6 Å².